The van der Waals surface area contributed by atoms with Gasteiger partial charge in [-0.2, -0.15) is 0 Å². The Kier molecular flexibility index (Phi) is 3.34. The van der Waals surface area contributed by atoms with E-state index in [4.69, 9.17) is 0 Å². The molecule has 1 aliphatic heterocycles. The third kappa shape index (κ3) is 2.77. The van der Waals surface area contributed by atoms with Crippen molar-refractivity contribution in [3.05, 3.63) is 18.2 Å². The van der Waals surface area contributed by atoms with Crippen molar-refractivity contribution in [2.24, 2.45) is 12.5 Å². The van der Waals surface area contributed by atoms with Gasteiger partial charge in [-0.1, -0.05) is 20.8 Å². The van der Waals surface area contributed by atoms with Crippen molar-refractivity contribution in [1.82, 2.24) is 19.8 Å². The van der Waals surface area contributed by atoms with Crippen LogP contribution in [0.1, 0.15) is 26.6 Å². The van der Waals surface area contributed by atoms with E-state index in [1.54, 1.807) is 11.1 Å². The summed E-state index contributed by atoms with van der Waals surface area (Å²) in [7, 11) is 1.87. The first-order chi connectivity index (χ1) is 8.79. The van der Waals surface area contributed by atoms with Crippen LogP contribution in [0.15, 0.2) is 12.4 Å². The molecule has 0 aromatic carbocycles. The standard InChI is InChI=1S/C13H20N4O2/c1-13(2,3)11-12(19)17(8-10(18)15-11)7-9-14-5-6-16(9)4/h5-6,11H,7-8H2,1-4H3,(H,15,18). The predicted molar refractivity (Wildman–Crippen MR) is 70.0 cm³/mol. The molecule has 2 heterocycles. The SMILES string of the molecule is Cn1ccnc1CN1CC(=O)NC(C(C)(C)C)C1=O. The molecule has 0 radical (unpaired) electrons. The molecule has 1 saturated heterocycles. The second-order valence-electron chi connectivity index (χ2n) is 6.02. The summed E-state index contributed by atoms with van der Waals surface area (Å²) < 4.78 is 1.85. The fourth-order valence-corrected chi connectivity index (χ4v) is 2.14. The number of hydrogen-bond donors (Lipinski definition) is 1. The van der Waals surface area contributed by atoms with Crippen molar-refractivity contribution < 1.29 is 9.59 Å². The minimum absolute atomic E-state index is 0.0462. The van der Waals surface area contributed by atoms with Crippen LogP contribution < -0.4 is 5.32 Å². The van der Waals surface area contributed by atoms with E-state index in [9.17, 15) is 9.59 Å². The molecular formula is C13H20N4O2. The van der Waals surface area contributed by atoms with Gasteiger partial charge in [-0.15, -0.1) is 0 Å². The molecule has 2 amide bonds. The monoisotopic (exact) mass is 264 g/mol. The lowest BCUT2D eigenvalue weighted by atomic mass is 9.85. The Balaban J connectivity index is 2.19. The third-order valence-electron chi connectivity index (χ3n) is 3.32. The second-order valence-corrected chi connectivity index (χ2v) is 6.02. The van der Waals surface area contributed by atoms with Gasteiger partial charge in [0, 0.05) is 19.4 Å². The number of hydrogen-bond acceptors (Lipinski definition) is 3. The lowest BCUT2D eigenvalue weighted by Crippen LogP contribution is -2.62. The van der Waals surface area contributed by atoms with Crippen LogP contribution in [-0.2, 0) is 23.2 Å². The van der Waals surface area contributed by atoms with Crippen molar-refractivity contribution in [2.45, 2.75) is 33.4 Å². The number of imidazole rings is 1. The summed E-state index contributed by atoms with van der Waals surface area (Å²) >= 11 is 0. The van der Waals surface area contributed by atoms with Crippen LogP contribution >= 0.6 is 0 Å². The predicted octanol–water partition coefficient (Wildman–Crippen LogP) is 0.293. The molecule has 6 heteroatoms. The number of carbonyl (C=O) groups is 2. The van der Waals surface area contributed by atoms with Gasteiger partial charge >= 0.3 is 0 Å². The molecule has 6 nitrogen and oxygen atoms in total. The van der Waals surface area contributed by atoms with E-state index in [1.165, 1.54) is 0 Å². The van der Waals surface area contributed by atoms with Crippen LogP contribution in [0.2, 0.25) is 0 Å². The maximum atomic E-state index is 12.4. The highest BCUT2D eigenvalue weighted by Gasteiger charge is 2.40. The highest BCUT2D eigenvalue weighted by Crippen LogP contribution is 2.23. The molecular weight excluding hydrogens is 244 g/mol. The second kappa shape index (κ2) is 4.68. The third-order valence-corrected chi connectivity index (χ3v) is 3.32. The van der Waals surface area contributed by atoms with Crippen LogP contribution in [0.3, 0.4) is 0 Å². The van der Waals surface area contributed by atoms with Crippen LogP contribution in [0.4, 0.5) is 0 Å². The smallest absolute Gasteiger partial charge is 0.246 e. The Morgan fingerprint density at radius 3 is 2.63 bits per heavy atom. The van der Waals surface area contributed by atoms with Crippen LogP contribution in [0, 0.1) is 5.41 Å². The number of amides is 2. The molecule has 0 aliphatic carbocycles. The Labute approximate surface area is 112 Å². The molecule has 0 saturated carbocycles. The van der Waals surface area contributed by atoms with Gasteiger partial charge in [0.05, 0.1) is 6.54 Å². The highest BCUT2D eigenvalue weighted by molar-refractivity contribution is 5.95. The lowest BCUT2D eigenvalue weighted by Gasteiger charge is -2.38. The van der Waals surface area contributed by atoms with E-state index >= 15 is 0 Å². The maximum absolute atomic E-state index is 12.4. The molecule has 104 valence electrons. The van der Waals surface area contributed by atoms with Gasteiger partial charge in [0.25, 0.3) is 0 Å². The molecule has 2 rings (SSSR count). The first kappa shape index (κ1) is 13.6. The Morgan fingerprint density at radius 1 is 1.42 bits per heavy atom. The maximum Gasteiger partial charge on any atom is 0.246 e. The number of carbonyl (C=O) groups excluding carboxylic acids is 2. The first-order valence-electron chi connectivity index (χ1n) is 6.33. The first-order valence-corrected chi connectivity index (χ1v) is 6.33. The van der Waals surface area contributed by atoms with Crippen molar-refractivity contribution >= 4 is 11.8 Å². The average Bonchev–Trinajstić information content (AvgIpc) is 2.68. The summed E-state index contributed by atoms with van der Waals surface area (Å²) in [5.41, 5.74) is -0.299. The summed E-state index contributed by atoms with van der Waals surface area (Å²) in [6.07, 6.45) is 3.51. The van der Waals surface area contributed by atoms with Gasteiger partial charge in [0.15, 0.2) is 0 Å². The normalized spacial score (nSPS) is 20.6. The fourth-order valence-electron chi connectivity index (χ4n) is 2.14. The van der Waals surface area contributed by atoms with E-state index in [0.717, 1.165) is 5.82 Å². The number of piperazine rings is 1. The minimum atomic E-state index is -0.478. The summed E-state index contributed by atoms with van der Waals surface area (Å²) in [4.78, 5) is 29.9. The van der Waals surface area contributed by atoms with Crippen LogP contribution in [0.5, 0.6) is 0 Å². The zero-order valence-electron chi connectivity index (χ0n) is 11.8. The number of aromatic nitrogens is 2. The van der Waals surface area contributed by atoms with Gasteiger partial charge in [-0.3, -0.25) is 9.59 Å². The lowest BCUT2D eigenvalue weighted by molar-refractivity contribution is -0.148. The van der Waals surface area contributed by atoms with Crippen molar-refractivity contribution in [3.8, 4) is 0 Å². The fraction of sp³-hybridized carbons (Fsp3) is 0.615. The molecule has 1 atom stereocenters. The molecule has 0 bridgehead atoms. The Bertz CT molecular complexity index is 501. The molecule has 1 unspecified atom stereocenters. The minimum Gasteiger partial charge on any atom is -0.342 e. The van der Waals surface area contributed by atoms with E-state index in [0.29, 0.717) is 6.54 Å². The Hall–Kier alpha value is -1.85. The molecule has 1 N–H and O–H groups in total. The largest absolute Gasteiger partial charge is 0.342 e. The van der Waals surface area contributed by atoms with Gasteiger partial charge in [0.1, 0.15) is 18.4 Å². The number of nitrogens with one attached hydrogen (secondary N) is 1. The molecule has 1 fully saturated rings. The van der Waals surface area contributed by atoms with Crippen molar-refractivity contribution in [3.63, 3.8) is 0 Å². The summed E-state index contributed by atoms with van der Waals surface area (Å²) in [6, 6.07) is -0.478. The van der Waals surface area contributed by atoms with Crippen molar-refractivity contribution in [1.29, 1.82) is 0 Å². The number of nitrogens with zero attached hydrogens (tertiary/aromatic N) is 3. The summed E-state index contributed by atoms with van der Waals surface area (Å²) in [5.74, 6) is 0.611. The van der Waals surface area contributed by atoms with E-state index in [-0.39, 0.29) is 23.8 Å². The molecule has 1 aliphatic rings. The topological polar surface area (TPSA) is 67.2 Å². The average molecular weight is 264 g/mol. The van der Waals surface area contributed by atoms with Crippen molar-refractivity contribution in [2.75, 3.05) is 6.54 Å². The summed E-state index contributed by atoms with van der Waals surface area (Å²) in [6.45, 7) is 6.29. The molecule has 1 aromatic heterocycles. The quantitative estimate of drug-likeness (QED) is 0.835. The van der Waals surface area contributed by atoms with Crippen LogP contribution in [-0.4, -0.2) is 38.9 Å². The summed E-state index contributed by atoms with van der Waals surface area (Å²) in [5, 5.41) is 2.77. The zero-order valence-corrected chi connectivity index (χ0v) is 11.8. The Morgan fingerprint density at radius 2 is 2.11 bits per heavy atom. The van der Waals surface area contributed by atoms with E-state index in [2.05, 4.69) is 10.3 Å². The number of aryl methyl sites for hydroxylation is 1. The molecule has 1 aromatic rings. The van der Waals surface area contributed by atoms with E-state index in [1.807, 2.05) is 38.6 Å². The van der Waals surface area contributed by atoms with E-state index < -0.39 is 6.04 Å². The number of rotatable bonds is 2. The van der Waals surface area contributed by atoms with Gasteiger partial charge in [-0.05, 0) is 5.41 Å². The zero-order chi connectivity index (χ0) is 14.2. The van der Waals surface area contributed by atoms with Gasteiger partial charge in [-0.25, -0.2) is 4.98 Å². The van der Waals surface area contributed by atoms with Crippen LogP contribution in [0.25, 0.3) is 0 Å². The van der Waals surface area contributed by atoms with Gasteiger partial charge < -0.3 is 14.8 Å². The van der Waals surface area contributed by atoms with Gasteiger partial charge in [0.2, 0.25) is 11.8 Å². The molecule has 19 heavy (non-hydrogen) atoms. The highest BCUT2D eigenvalue weighted by atomic mass is 16.2. The molecule has 0 spiro atoms.